The lowest BCUT2D eigenvalue weighted by Crippen LogP contribution is -2.27. The Morgan fingerprint density at radius 3 is 2.79 bits per heavy atom. The van der Waals surface area contributed by atoms with E-state index in [1.165, 1.54) is 18.4 Å². The minimum absolute atomic E-state index is 0.147. The molecular weight excluding hydrogens is 241 g/mol. The lowest BCUT2D eigenvalue weighted by Gasteiger charge is -2.18. The fourth-order valence-electron chi connectivity index (χ4n) is 2.36. The minimum atomic E-state index is -0.147. The summed E-state index contributed by atoms with van der Waals surface area (Å²) in [5, 5.41) is 3.42. The first-order valence-electron chi connectivity index (χ1n) is 7.12. The summed E-state index contributed by atoms with van der Waals surface area (Å²) in [5.41, 5.74) is 2.31. The molecule has 3 heteroatoms. The number of rotatable bonds is 9. The molecule has 1 aromatic carbocycles. The highest BCUT2D eigenvalue weighted by molar-refractivity contribution is 5.26. The molecule has 0 bridgehead atoms. The molecule has 1 unspecified atom stereocenters. The molecule has 1 N–H and O–H groups in total. The molecule has 1 rings (SSSR count). The van der Waals surface area contributed by atoms with Gasteiger partial charge >= 0.3 is 0 Å². The van der Waals surface area contributed by atoms with E-state index < -0.39 is 0 Å². The average Bonchev–Trinajstić information content (AvgIpc) is 2.38. The first kappa shape index (κ1) is 16.1. The highest BCUT2D eigenvalue weighted by atomic mass is 19.1. The van der Waals surface area contributed by atoms with Crippen LogP contribution in [0.2, 0.25) is 0 Å². The summed E-state index contributed by atoms with van der Waals surface area (Å²) >= 11 is 0. The van der Waals surface area contributed by atoms with E-state index in [9.17, 15) is 4.39 Å². The molecule has 0 heterocycles. The molecule has 0 fully saturated rings. The number of benzene rings is 1. The molecule has 0 saturated carbocycles. The van der Waals surface area contributed by atoms with E-state index in [0.717, 1.165) is 31.7 Å². The summed E-state index contributed by atoms with van der Waals surface area (Å²) in [5.74, 6) is 0.456. The monoisotopic (exact) mass is 267 g/mol. The zero-order chi connectivity index (χ0) is 14.1. The van der Waals surface area contributed by atoms with Crippen molar-refractivity contribution in [3.05, 3.63) is 35.1 Å². The Balaban J connectivity index is 2.51. The van der Waals surface area contributed by atoms with Gasteiger partial charge < -0.3 is 10.1 Å². The number of halogens is 1. The van der Waals surface area contributed by atoms with Crippen molar-refractivity contribution >= 4 is 0 Å². The SMILES string of the molecule is CCCC(CNCCOC)Cc1ccc(F)cc1C. The first-order valence-corrected chi connectivity index (χ1v) is 7.12. The third-order valence-electron chi connectivity index (χ3n) is 3.43. The normalized spacial score (nSPS) is 12.6. The van der Waals surface area contributed by atoms with E-state index in [1.807, 2.05) is 13.0 Å². The van der Waals surface area contributed by atoms with E-state index in [2.05, 4.69) is 12.2 Å². The van der Waals surface area contributed by atoms with Gasteiger partial charge in [-0.25, -0.2) is 4.39 Å². The number of ether oxygens (including phenoxy) is 1. The molecule has 0 aliphatic rings. The van der Waals surface area contributed by atoms with Gasteiger partial charge in [-0.3, -0.25) is 0 Å². The summed E-state index contributed by atoms with van der Waals surface area (Å²) in [4.78, 5) is 0. The Hall–Kier alpha value is -0.930. The Kier molecular flexibility index (Phi) is 7.68. The van der Waals surface area contributed by atoms with Gasteiger partial charge in [-0.1, -0.05) is 19.4 Å². The maximum absolute atomic E-state index is 13.1. The molecule has 0 aromatic heterocycles. The van der Waals surface area contributed by atoms with E-state index in [0.29, 0.717) is 5.92 Å². The fourth-order valence-corrected chi connectivity index (χ4v) is 2.36. The second-order valence-corrected chi connectivity index (χ2v) is 5.13. The van der Waals surface area contributed by atoms with Gasteiger partial charge in [0, 0.05) is 13.7 Å². The van der Waals surface area contributed by atoms with Crippen molar-refractivity contribution in [1.29, 1.82) is 0 Å². The molecular formula is C16H26FNO. The fraction of sp³-hybridized carbons (Fsp3) is 0.625. The molecule has 0 saturated heterocycles. The van der Waals surface area contributed by atoms with Crippen molar-refractivity contribution < 1.29 is 9.13 Å². The first-order chi connectivity index (χ1) is 9.17. The number of hydrogen-bond donors (Lipinski definition) is 1. The van der Waals surface area contributed by atoms with Crippen molar-refractivity contribution in [2.24, 2.45) is 5.92 Å². The third kappa shape index (κ3) is 6.17. The Labute approximate surface area is 116 Å². The van der Waals surface area contributed by atoms with E-state index in [-0.39, 0.29) is 5.82 Å². The molecule has 0 aliphatic heterocycles. The zero-order valence-corrected chi connectivity index (χ0v) is 12.3. The van der Waals surface area contributed by atoms with Crippen LogP contribution in [0.15, 0.2) is 18.2 Å². The van der Waals surface area contributed by atoms with Crippen LogP contribution in [0.3, 0.4) is 0 Å². The van der Waals surface area contributed by atoms with Crippen molar-refractivity contribution in [2.75, 3.05) is 26.8 Å². The Bertz CT molecular complexity index is 368. The van der Waals surface area contributed by atoms with Crippen LogP contribution < -0.4 is 5.32 Å². The molecule has 1 aromatic rings. The predicted octanol–water partition coefficient (Wildman–Crippen LogP) is 3.33. The third-order valence-corrected chi connectivity index (χ3v) is 3.43. The van der Waals surface area contributed by atoms with Crippen LogP contribution in [0.1, 0.15) is 30.9 Å². The highest BCUT2D eigenvalue weighted by Gasteiger charge is 2.10. The van der Waals surface area contributed by atoms with E-state index in [4.69, 9.17) is 4.74 Å². The van der Waals surface area contributed by atoms with Gasteiger partial charge in [-0.05, 0) is 55.5 Å². The Morgan fingerprint density at radius 1 is 1.37 bits per heavy atom. The van der Waals surface area contributed by atoms with Gasteiger partial charge in [-0.15, -0.1) is 0 Å². The quantitative estimate of drug-likeness (QED) is 0.693. The summed E-state index contributed by atoms with van der Waals surface area (Å²) in [6.45, 7) is 6.82. The van der Waals surface area contributed by atoms with Crippen LogP contribution in [-0.2, 0) is 11.2 Å². The largest absolute Gasteiger partial charge is 0.383 e. The van der Waals surface area contributed by atoms with Crippen LogP contribution in [0.25, 0.3) is 0 Å². The van der Waals surface area contributed by atoms with E-state index in [1.54, 1.807) is 19.2 Å². The maximum atomic E-state index is 13.1. The van der Waals surface area contributed by atoms with Gasteiger partial charge in [0.25, 0.3) is 0 Å². The van der Waals surface area contributed by atoms with Crippen LogP contribution >= 0.6 is 0 Å². The Morgan fingerprint density at radius 2 is 2.16 bits per heavy atom. The zero-order valence-electron chi connectivity index (χ0n) is 12.3. The highest BCUT2D eigenvalue weighted by Crippen LogP contribution is 2.17. The van der Waals surface area contributed by atoms with Gasteiger partial charge in [0.2, 0.25) is 0 Å². The number of methoxy groups -OCH3 is 1. The number of hydrogen-bond acceptors (Lipinski definition) is 2. The van der Waals surface area contributed by atoms with Gasteiger partial charge in [0.05, 0.1) is 6.61 Å². The second-order valence-electron chi connectivity index (χ2n) is 5.13. The summed E-state index contributed by atoms with van der Waals surface area (Å²) in [6.07, 6.45) is 3.38. The minimum Gasteiger partial charge on any atom is -0.383 e. The molecule has 0 radical (unpaired) electrons. The summed E-state index contributed by atoms with van der Waals surface area (Å²) < 4.78 is 18.1. The summed E-state index contributed by atoms with van der Waals surface area (Å²) in [6, 6.07) is 5.10. The molecule has 2 nitrogen and oxygen atoms in total. The lowest BCUT2D eigenvalue weighted by atomic mass is 9.92. The molecule has 0 amide bonds. The van der Waals surface area contributed by atoms with Gasteiger partial charge in [0.15, 0.2) is 0 Å². The van der Waals surface area contributed by atoms with Crippen molar-refractivity contribution in [3.63, 3.8) is 0 Å². The topological polar surface area (TPSA) is 21.3 Å². The van der Waals surface area contributed by atoms with Crippen LogP contribution in [0.5, 0.6) is 0 Å². The van der Waals surface area contributed by atoms with Crippen LogP contribution in [0, 0.1) is 18.7 Å². The van der Waals surface area contributed by atoms with E-state index >= 15 is 0 Å². The second kappa shape index (κ2) is 9.05. The molecule has 0 spiro atoms. The molecule has 0 aliphatic carbocycles. The molecule has 1 atom stereocenters. The summed E-state index contributed by atoms with van der Waals surface area (Å²) in [7, 11) is 1.72. The predicted molar refractivity (Wildman–Crippen MR) is 78.0 cm³/mol. The smallest absolute Gasteiger partial charge is 0.123 e. The number of aryl methyl sites for hydroxylation is 1. The number of nitrogens with one attached hydrogen (secondary N) is 1. The standard InChI is InChI=1S/C16H26FNO/c1-4-5-14(12-18-8-9-19-3)11-15-6-7-16(17)10-13(15)2/h6-7,10,14,18H,4-5,8-9,11-12H2,1-3H3. The van der Waals surface area contributed by atoms with Crippen molar-refractivity contribution in [3.8, 4) is 0 Å². The lowest BCUT2D eigenvalue weighted by molar-refractivity contribution is 0.197. The van der Waals surface area contributed by atoms with Gasteiger partial charge in [0.1, 0.15) is 5.82 Å². The maximum Gasteiger partial charge on any atom is 0.123 e. The van der Waals surface area contributed by atoms with Crippen molar-refractivity contribution in [2.45, 2.75) is 33.1 Å². The van der Waals surface area contributed by atoms with Gasteiger partial charge in [-0.2, -0.15) is 0 Å². The van der Waals surface area contributed by atoms with Crippen molar-refractivity contribution in [1.82, 2.24) is 5.32 Å². The molecule has 108 valence electrons. The molecule has 19 heavy (non-hydrogen) atoms. The van der Waals surface area contributed by atoms with Crippen LogP contribution in [-0.4, -0.2) is 26.8 Å². The average molecular weight is 267 g/mol. The van der Waals surface area contributed by atoms with Crippen LogP contribution in [0.4, 0.5) is 4.39 Å².